The SMILES string of the molecule is O=C1Cc2c(ccc3c2O[C@H](CNCc2ccccc2)CC3)N1. The lowest BCUT2D eigenvalue weighted by atomic mass is 9.97. The van der Waals surface area contributed by atoms with E-state index in [1.54, 1.807) is 0 Å². The molecule has 2 heterocycles. The van der Waals surface area contributed by atoms with Crippen LogP contribution in [-0.2, 0) is 24.2 Å². The summed E-state index contributed by atoms with van der Waals surface area (Å²) < 4.78 is 6.21. The fraction of sp³-hybridized carbons (Fsp3) is 0.316. The highest BCUT2D eigenvalue weighted by Crippen LogP contribution is 2.38. The molecule has 0 unspecified atom stereocenters. The van der Waals surface area contributed by atoms with Crippen LogP contribution in [0.2, 0.25) is 0 Å². The van der Waals surface area contributed by atoms with Gasteiger partial charge in [-0.25, -0.2) is 0 Å². The summed E-state index contributed by atoms with van der Waals surface area (Å²) in [6, 6.07) is 14.4. The standard InChI is InChI=1S/C19H20N2O2/c22-18-10-16-17(21-18)9-7-14-6-8-15(23-19(14)16)12-20-11-13-4-2-1-3-5-13/h1-5,7,9,15,20H,6,8,10-12H2,(H,21,22)/t15-/m0/s1. The van der Waals surface area contributed by atoms with Gasteiger partial charge >= 0.3 is 0 Å². The fourth-order valence-corrected chi connectivity index (χ4v) is 3.33. The van der Waals surface area contributed by atoms with E-state index in [0.29, 0.717) is 6.42 Å². The van der Waals surface area contributed by atoms with Gasteiger partial charge in [-0.2, -0.15) is 0 Å². The third kappa shape index (κ3) is 2.94. The molecule has 2 aromatic rings. The van der Waals surface area contributed by atoms with Crippen molar-refractivity contribution in [2.75, 3.05) is 11.9 Å². The highest BCUT2D eigenvalue weighted by atomic mass is 16.5. The molecule has 0 aliphatic carbocycles. The molecule has 4 heteroatoms. The van der Waals surface area contributed by atoms with Crippen LogP contribution in [0.15, 0.2) is 42.5 Å². The smallest absolute Gasteiger partial charge is 0.229 e. The molecule has 4 nitrogen and oxygen atoms in total. The lowest BCUT2D eigenvalue weighted by Gasteiger charge is -2.28. The fourth-order valence-electron chi connectivity index (χ4n) is 3.33. The summed E-state index contributed by atoms with van der Waals surface area (Å²) in [4.78, 5) is 11.6. The maximum absolute atomic E-state index is 11.6. The minimum atomic E-state index is 0.0568. The Balaban J connectivity index is 1.41. The summed E-state index contributed by atoms with van der Waals surface area (Å²) in [5.74, 6) is 0.986. The lowest BCUT2D eigenvalue weighted by molar-refractivity contribution is -0.115. The van der Waals surface area contributed by atoms with Crippen LogP contribution in [0.5, 0.6) is 5.75 Å². The second kappa shape index (κ2) is 6.05. The molecule has 4 rings (SSSR count). The molecule has 2 aliphatic rings. The molecule has 0 radical (unpaired) electrons. The van der Waals surface area contributed by atoms with Crippen molar-refractivity contribution in [3.05, 3.63) is 59.2 Å². The molecular weight excluding hydrogens is 288 g/mol. The zero-order valence-electron chi connectivity index (χ0n) is 13.0. The Kier molecular flexibility index (Phi) is 3.75. The normalized spacial score (nSPS) is 18.8. The largest absolute Gasteiger partial charge is 0.488 e. The molecule has 0 spiro atoms. The number of aryl methyl sites for hydroxylation is 1. The molecule has 0 fully saturated rings. The van der Waals surface area contributed by atoms with Crippen molar-refractivity contribution in [3.8, 4) is 5.75 Å². The van der Waals surface area contributed by atoms with E-state index in [1.165, 1.54) is 11.1 Å². The first kappa shape index (κ1) is 14.3. The molecule has 2 aliphatic heterocycles. The number of carbonyl (C=O) groups excluding carboxylic acids is 1. The van der Waals surface area contributed by atoms with Gasteiger partial charge < -0.3 is 15.4 Å². The Morgan fingerprint density at radius 1 is 1.17 bits per heavy atom. The van der Waals surface area contributed by atoms with Gasteiger partial charge in [0.1, 0.15) is 11.9 Å². The highest BCUT2D eigenvalue weighted by Gasteiger charge is 2.28. The van der Waals surface area contributed by atoms with Gasteiger partial charge in [0.25, 0.3) is 0 Å². The maximum Gasteiger partial charge on any atom is 0.229 e. The molecule has 2 N–H and O–H groups in total. The number of ether oxygens (including phenoxy) is 1. The third-order valence-electron chi connectivity index (χ3n) is 4.52. The van der Waals surface area contributed by atoms with Crippen molar-refractivity contribution >= 4 is 11.6 Å². The molecule has 0 saturated carbocycles. The van der Waals surface area contributed by atoms with Crippen molar-refractivity contribution in [2.45, 2.75) is 31.9 Å². The Hall–Kier alpha value is -2.33. The summed E-state index contributed by atoms with van der Waals surface area (Å²) in [6.07, 6.45) is 2.61. The molecule has 2 aromatic carbocycles. The first-order valence-corrected chi connectivity index (χ1v) is 8.15. The maximum atomic E-state index is 11.6. The average molecular weight is 308 g/mol. The van der Waals surface area contributed by atoms with Crippen LogP contribution in [0.3, 0.4) is 0 Å². The number of fused-ring (bicyclic) bond motifs is 3. The molecular formula is C19H20N2O2. The van der Waals surface area contributed by atoms with Crippen molar-refractivity contribution < 1.29 is 9.53 Å². The van der Waals surface area contributed by atoms with E-state index in [2.05, 4.69) is 41.0 Å². The van der Waals surface area contributed by atoms with E-state index in [-0.39, 0.29) is 12.0 Å². The van der Waals surface area contributed by atoms with E-state index < -0.39 is 0 Å². The number of rotatable bonds is 4. The van der Waals surface area contributed by atoms with E-state index in [9.17, 15) is 4.79 Å². The minimum Gasteiger partial charge on any atom is -0.488 e. The Bertz CT molecular complexity index is 728. The van der Waals surface area contributed by atoms with Gasteiger partial charge in [-0.3, -0.25) is 4.79 Å². The highest BCUT2D eigenvalue weighted by molar-refractivity contribution is 6.00. The number of hydrogen-bond donors (Lipinski definition) is 2. The second-order valence-electron chi connectivity index (χ2n) is 6.20. The summed E-state index contributed by atoms with van der Waals surface area (Å²) in [5.41, 5.74) is 4.44. The van der Waals surface area contributed by atoms with Gasteiger partial charge in [0.05, 0.1) is 6.42 Å². The van der Waals surface area contributed by atoms with E-state index in [4.69, 9.17) is 4.74 Å². The summed E-state index contributed by atoms with van der Waals surface area (Å²) in [5, 5.41) is 6.36. The molecule has 1 amide bonds. The van der Waals surface area contributed by atoms with Crippen LogP contribution in [-0.4, -0.2) is 18.6 Å². The Morgan fingerprint density at radius 3 is 2.91 bits per heavy atom. The van der Waals surface area contributed by atoms with Gasteiger partial charge in [0, 0.05) is 24.3 Å². The summed E-state index contributed by atoms with van der Waals surface area (Å²) in [7, 11) is 0. The first-order chi connectivity index (χ1) is 11.3. The van der Waals surface area contributed by atoms with Gasteiger partial charge in [-0.05, 0) is 30.0 Å². The van der Waals surface area contributed by atoms with Crippen LogP contribution in [0.4, 0.5) is 5.69 Å². The lowest BCUT2D eigenvalue weighted by Crippen LogP contribution is -2.34. The first-order valence-electron chi connectivity index (χ1n) is 8.15. The van der Waals surface area contributed by atoms with E-state index in [0.717, 1.165) is 42.9 Å². The number of anilines is 1. The van der Waals surface area contributed by atoms with Crippen molar-refractivity contribution in [2.24, 2.45) is 0 Å². The summed E-state index contributed by atoms with van der Waals surface area (Å²) in [6.45, 7) is 1.67. The van der Waals surface area contributed by atoms with E-state index in [1.807, 2.05) is 12.1 Å². The second-order valence-corrected chi connectivity index (χ2v) is 6.20. The predicted molar refractivity (Wildman–Crippen MR) is 89.7 cm³/mol. The van der Waals surface area contributed by atoms with Crippen LogP contribution in [0, 0.1) is 0 Å². The molecule has 0 aromatic heterocycles. The number of carbonyl (C=O) groups is 1. The van der Waals surface area contributed by atoms with Crippen LogP contribution >= 0.6 is 0 Å². The van der Waals surface area contributed by atoms with Gasteiger partial charge in [0.15, 0.2) is 0 Å². The van der Waals surface area contributed by atoms with Gasteiger partial charge in [-0.15, -0.1) is 0 Å². The molecule has 0 saturated heterocycles. The Morgan fingerprint density at radius 2 is 2.04 bits per heavy atom. The van der Waals surface area contributed by atoms with Gasteiger partial charge in [-0.1, -0.05) is 36.4 Å². The topological polar surface area (TPSA) is 50.4 Å². The molecule has 23 heavy (non-hydrogen) atoms. The Labute approximate surface area is 135 Å². The summed E-state index contributed by atoms with van der Waals surface area (Å²) >= 11 is 0. The van der Waals surface area contributed by atoms with Crippen LogP contribution in [0.1, 0.15) is 23.1 Å². The van der Waals surface area contributed by atoms with Crippen LogP contribution < -0.4 is 15.4 Å². The number of hydrogen-bond acceptors (Lipinski definition) is 3. The zero-order valence-corrected chi connectivity index (χ0v) is 13.0. The molecule has 1 atom stereocenters. The van der Waals surface area contributed by atoms with E-state index >= 15 is 0 Å². The quantitative estimate of drug-likeness (QED) is 0.913. The monoisotopic (exact) mass is 308 g/mol. The predicted octanol–water partition coefficient (Wildman–Crippen LogP) is 2.66. The molecule has 0 bridgehead atoms. The molecule has 118 valence electrons. The minimum absolute atomic E-state index is 0.0568. The van der Waals surface area contributed by atoms with Gasteiger partial charge in [0.2, 0.25) is 5.91 Å². The van der Waals surface area contributed by atoms with Crippen LogP contribution in [0.25, 0.3) is 0 Å². The zero-order chi connectivity index (χ0) is 15.6. The van der Waals surface area contributed by atoms with Crippen molar-refractivity contribution in [1.29, 1.82) is 0 Å². The van der Waals surface area contributed by atoms with Crippen molar-refractivity contribution in [3.63, 3.8) is 0 Å². The average Bonchev–Trinajstić information content (AvgIpc) is 2.97. The van der Waals surface area contributed by atoms with Crippen molar-refractivity contribution in [1.82, 2.24) is 5.32 Å². The number of benzene rings is 2. The number of amides is 1. The number of nitrogens with one attached hydrogen (secondary N) is 2. The third-order valence-corrected chi connectivity index (χ3v) is 4.52.